The van der Waals surface area contributed by atoms with Gasteiger partial charge in [-0.2, -0.15) is 0 Å². The molecule has 0 fully saturated rings. The van der Waals surface area contributed by atoms with Gasteiger partial charge in [-0.3, -0.25) is 4.98 Å². The van der Waals surface area contributed by atoms with Crippen molar-refractivity contribution in [3.05, 3.63) is 107 Å². The van der Waals surface area contributed by atoms with Gasteiger partial charge in [-0.1, -0.05) is 81.6 Å². The number of rotatable bonds is 4. The first-order chi connectivity index (χ1) is 17.8. The summed E-state index contributed by atoms with van der Waals surface area (Å²) in [4.78, 5) is 5.04. The molecule has 0 aliphatic carbocycles. The Morgan fingerprint density at radius 3 is 2.03 bits per heavy atom. The van der Waals surface area contributed by atoms with Gasteiger partial charge in [0.25, 0.3) is 0 Å². The smallest absolute Gasteiger partial charge is 1.00 e. The molecule has 0 N–H and O–H groups in total. The molecule has 4 aromatic carbocycles. The van der Waals surface area contributed by atoms with Gasteiger partial charge in [0.1, 0.15) is 0 Å². The molecule has 0 amide bonds. The Labute approximate surface area is 254 Å². The zero-order valence-corrected chi connectivity index (χ0v) is 25.8. The maximum Gasteiger partial charge on any atom is 2.00 e. The zero-order chi connectivity index (χ0) is 25.8. The fraction of sp³-hybridized carbons (Fsp3) is 0.229. The van der Waals surface area contributed by atoms with Crippen LogP contribution in [0.5, 0.6) is 0 Å². The SMILES string of the molecule is Cc1cc2c3ccc[c-]c3c3ncc(-c4c(C(C)C)cc(-c5ccccc5)cc4C(C)C)n3c2cc1C.[Cl-].[Mg+2]. The first-order valence-corrected chi connectivity index (χ1v) is 13.3. The standard InChI is InChI=1S/C35H33N2.ClH.Mg/c1-21(2)29-18-26(25-12-8-7-9-13-25)19-30(22(3)4)34(29)33-20-36-35-28-15-11-10-14-27(28)31-16-23(5)24(6)17-32(31)37(33)35;;/h7-14,16-22H,1-6H3;1H;/q-1;;+2/p-1. The van der Waals surface area contributed by atoms with Crippen LogP contribution in [0, 0.1) is 19.9 Å². The summed E-state index contributed by atoms with van der Waals surface area (Å²) in [5.74, 6) is 0.730. The summed E-state index contributed by atoms with van der Waals surface area (Å²) in [6.07, 6.45) is 2.08. The minimum Gasteiger partial charge on any atom is -1.00 e. The van der Waals surface area contributed by atoms with E-state index in [0.717, 1.165) is 16.7 Å². The maximum absolute atomic E-state index is 5.04. The summed E-state index contributed by atoms with van der Waals surface area (Å²) in [5.41, 5.74) is 12.5. The molecule has 0 aliphatic rings. The number of hydrogen-bond donors (Lipinski definition) is 0. The molecular formula is C35H33ClMgN2. The molecular weight excluding hydrogens is 508 g/mol. The van der Waals surface area contributed by atoms with Gasteiger partial charge >= 0.3 is 23.1 Å². The summed E-state index contributed by atoms with van der Waals surface area (Å²) >= 11 is 0. The fourth-order valence-corrected chi connectivity index (χ4v) is 5.69. The van der Waals surface area contributed by atoms with Crippen molar-refractivity contribution in [2.75, 3.05) is 0 Å². The van der Waals surface area contributed by atoms with E-state index in [2.05, 4.69) is 125 Å². The Morgan fingerprint density at radius 2 is 1.38 bits per heavy atom. The van der Waals surface area contributed by atoms with Gasteiger partial charge in [0.2, 0.25) is 0 Å². The number of aromatic nitrogens is 2. The number of benzene rings is 4. The van der Waals surface area contributed by atoms with E-state index in [4.69, 9.17) is 4.98 Å². The number of imidazole rings is 1. The van der Waals surface area contributed by atoms with Crippen LogP contribution in [0.25, 0.3) is 49.7 Å². The second-order valence-corrected chi connectivity index (χ2v) is 10.9. The molecule has 39 heavy (non-hydrogen) atoms. The second kappa shape index (κ2) is 11.3. The van der Waals surface area contributed by atoms with Crippen molar-refractivity contribution in [2.45, 2.75) is 53.4 Å². The van der Waals surface area contributed by atoms with E-state index in [9.17, 15) is 0 Å². The first kappa shape index (κ1) is 29.1. The van der Waals surface area contributed by atoms with Gasteiger partial charge in [0.15, 0.2) is 0 Å². The average molecular weight is 541 g/mol. The van der Waals surface area contributed by atoms with E-state index in [1.54, 1.807) is 0 Å². The second-order valence-electron chi connectivity index (χ2n) is 10.9. The normalized spacial score (nSPS) is 11.4. The van der Waals surface area contributed by atoms with Crippen LogP contribution < -0.4 is 12.4 Å². The van der Waals surface area contributed by atoms with Crippen LogP contribution in [-0.2, 0) is 0 Å². The summed E-state index contributed by atoms with van der Waals surface area (Å²) in [6, 6.07) is 30.0. The van der Waals surface area contributed by atoms with Crippen LogP contribution in [0.1, 0.15) is 61.8 Å². The summed E-state index contributed by atoms with van der Waals surface area (Å²) in [5, 5.41) is 3.53. The Morgan fingerprint density at radius 1 is 0.744 bits per heavy atom. The predicted molar refractivity (Wildman–Crippen MR) is 163 cm³/mol. The maximum atomic E-state index is 5.04. The number of hydrogen-bond acceptors (Lipinski definition) is 1. The first-order valence-electron chi connectivity index (χ1n) is 13.3. The number of nitrogens with zero attached hydrogens (tertiary/aromatic N) is 2. The molecule has 2 heterocycles. The third kappa shape index (κ3) is 4.86. The monoisotopic (exact) mass is 540 g/mol. The molecule has 2 aromatic heterocycles. The number of aryl methyl sites for hydroxylation is 2. The van der Waals surface area contributed by atoms with Crippen LogP contribution >= 0.6 is 0 Å². The van der Waals surface area contributed by atoms with Crippen LogP contribution in [0.2, 0.25) is 0 Å². The molecule has 0 saturated heterocycles. The summed E-state index contributed by atoms with van der Waals surface area (Å²) < 4.78 is 2.38. The van der Waals surface area contributed by atoms with Gasteiger partial charge in [-0.15, -0.1) is 29.7 Å². The van der Waals surface area contributed by atoms with Crippen molar-refractivity contribution >= 4 is 50.4 Å². The molecule has 6 aromatic rings. The molecule has 0 saturated carbocycles. The molecule has 0 atom stereocenters. The van der Waals surface area contributed by atoms with E-state index in [1.165, 1.54) is 55.2 Å². The Balaban J connectivity index is 0.00000176. The quantitative estimate of drug-likeness (QED) is 0.146. The third-order valence-electron chi connectivity index (χ3n) is 7.79. The molecule has 192 valence electrons. The van der Waals surface area contributed by atoms with Gasteiger partial charge in [-0.25, -0.2) is 0 Å². The Hall–Kier alpha value is -2.85. The minimum absolute atomic E-state index is 0. The van der Waals surface area contributed by atoms with Gasteiger partial charge in [0.05, 0.1) is 11.3 Å². The topological polar surface area (TPSA) is 17.3 Å². The largest absolute Gasteiger partial charge is 2.00 e. The summed E-state index contributed by atoms with van der Waals surface area (Å²) in [7, 11) is 0. The van der Waals surface area contributed by atoms with E-state index in [1.807, 2.05) is 6.07 Å². The van der Waals surface area contributed by atoms with Gasteiger partial charge in [-0.05, 0) is 70.5 Å². The predicted octanol–water partition coefficient (Wildman–Crippen LogP) is 6.26. The van der Waals surface area contributed by atoms with E-state index in [0.29, 0.717) is 11.8 Å². The number of fused-ring (bicyclic) bond motifs is 6. The molecule has 0 aliphatic heterocycles. The molecule has 0 bridgehead atoms. The van der Waals surface area contributed by atoms with E-state index < -0.39 is 0 Å². The van der Waals surface area contributed by atoms with E-state index >= 15 is 0 Å². The fourth-order valence-electron chi connectivity index (χ4n) is 5.69. The van der Waals surface area contributed by atoms with Crippen LogP contribution in [0.4, 0.5) is 0 Å². The molecule has 0 radical (unpaired) electrons. The molecule has 0 unspecified atom stereocenters. The summed E-state index contributed by atoms with van der Waals surface area (Å²) in [6.45, 7) is 13.6. The molecule has 2 nitrogen and oxygen atoms in total. The third-order valence-corrected chi connectivity index (χ3v) is 7.79. The van der Waals surface area contributed by atoms with Crippen LogP contribution in [-0.4, -0.2) is 32.4 Å². The van der Waals surface area contributed by atoms with Gasteiger partial charge < -0.3 is 16.8 Å². The van der Waals surface area contributed by atoms with Crippen molar-refractivity contribution in [3.8, 4) is 22.4 Å². The molecule has 4 heteroatoms. The van der Waals surface area contributed by atoms with Gasteiger partial charge in [0, 0.05) is 17.3 Å². The van der Waals surface area contributed by atoms with Crippen molar-refractivity contribution in [1.29, 1.82) is 0 Å². The Kier molecular flexibility index (Phi) is 8.46. The average Bonchev–Trinajstić information content (AvgIpc) is 3.34. The number of pyridine rings is 1. The minimum atomic E-state index is 0. The van der Waals surface area contributed by atoms with Crippen molar-refractivity contribution in [1.82, 2.24) is 9.38 Å². The number of halogens is 1. The Bertz CT molecular complexity index is 1770. The van der Waals surface area contributed by atoms with E-state index in [-0.39, 0.29) is 35.5 Å². The van der Waals surface area contributed by atoms with Crippen molar-refractivity contribution < 1.29 is 12.4 Å². The zero-order valence-electron chi connectivity index (χ0n) is 23.6. The van der Waals surface area contributed by atoms with Crippen LogP contribution in [0.15, 0.2) is 79.0 Å². The molecule has 6 rings (SSSR count). The van der Waals surface area contributed by atoms with Crippen molar-refractivity contribution in [3.63, 3.8) is 0 Å². The van der Waals surface area contributed by atoms with Crippen molar-refractivity contribution in [2.24, 2.45) is 0 Å². The van der Waals surface area contributed by atoms with Crippen LogP contribution in [0.3, 0.4) is 0 Å². The molecule has 0 spiro atoms.